The molecule has 2 rings (SSSR count). The van der Waals surface area contributed by atoms with Crippen molar-refractivity contribution in [2.45, 2.75) is 83.9 Å². The molecule has 1 aliphatic heterocycles. The van der Waals surface area contributed by atoms with E-state index in [4.69, 9.17) is 9.84 Å². The standard InChI is InChI=1S/C19H36N2O3/c1-14(13-22)20-17-7-5-15(6-8-17)16-9-11-21(12-10-16)18(23)24-19(2,3)4/h14-17,20,22H,5-13H2,1-4H3/t14-,15?,17?/m1/s1. The number of likely N-dealkylation sites (tertiary alicyclic amines) is 1. The summed E-state index contributed by atoms with van der Waals surface area (Å²) in [6.45, 7) is 9.67. The van der Waals surface area contributed by atoms with E-state index in [1.54, 1.807) is 0 Å². The van der Waals surface area contributed by atoms with Crippen LogP contribution in [0.1, 0.15) is 66.2 Å². The summed E-state index contributed by atoms with van der Waals surface area (Å²) in [5.41, 5.74) is -0.412. The number of amides is 1. The van der Waals surface area contributed by atoms with Gasteiger partial charge in [0.05, 0.1) is 6.61 Å². The molecule has 0 unspecified atom stereocenters. The highest BCUT2D eigenvalue weighted by Gasteiger charge is 2.32. The van der Waals surface area contributed by atoms with Gasteiger partial charge in [-0.25, -0.2) is 4.79 Å². The molecule has 24 heavy (non-hydrogen) atoms. The Morgan fingerprint density at radius 2 is 1.67 bits per heavy atom. The highest BCUT2D eigenvalue weighted by Crippen LogP contribution is 2.36. The molecular formula is C19H36N2O3. The van der Waals surface area contributed by atoms with Crippen molar-refractivity contribution in [3.63, 3.8) is 0 Å². The van der Waals surface area contributed by atoms with Crippen LogP contribution in [0.4, 0.5) is 4.79 Å². The third-order valence-electron chi connectivity index (χ3n) is 5.42. The van der Waals surface area contributed by atoms with E-state index in [2.05, 4.69) is 5.32 Å². The predicted octanol–water partition coefficient (Wildman–Crippen LogP) is 3.16. The highest BCUT2D eigenvalue weighted by atomic mass is 16.6. The summed E-state index contributed by atoms with van der Waals surface area (Å²) in [5, 5.41) is 12.7. The van der Waals surface area contributed by atoms with Crippen molar-refractivity contribution in [3.05, 3.63) is 0 Å². The zero-order chi connectivity index (χ0) is 17.7. The van der Waals surface area contributed by atoms with Gasteiger partial charge >= 0.3 is 6.09 Å². The van der Waals surface area contributed by atoms with Gasteiger partial charge in [0.15, 0.2) is 0 Å². The van der Waals surface area contributed by atoms with Gasteiger partial charge in [0.1, 0.15) is 5.60 Å². The van der Waals surface area contributed by atoms with Crippen LogP contribution in [0, 0.1) is 11.8 Å². The Morgan fingerprint density at radius 3 is 2.17 bits per heavy atom. The first-order chi connectivity index (χ1) is 11.3. The van der Waals surface area contributed by atoms with Crippen molar-refractivity contribution in [3.8, 4) is 0 Å². The van der Waals surface area contributed by atoms with E-state index in [0.29, 0.717) is 6.04 Å². The quantitative estimate of drug-likeness (QED) is 0.825. The van der Waals surface area contributed by atoms with E-state index in [0.717, 1.165) is 37.8 Å². The van der Waals surface area contributed by atoms with Gasteiger partial charge in [0.25, 0.3) is 0 Å². The summed E-state index contributed by atoms with van der Waals surface area (Å²) < 4.78 is 5.48. The molecule has 2 aliphatic rings. The Morgan fingerprint density at radius 1 is 1.12 bits per heavy atom. The lowest BCUT2D eigenvalue weighted by molar-refractivity contribution is 0.0145. The van der Waals surface area contributed by atoms with Gasteiger partial charge in [-0.15, -0.1) is 0 Å². The zero-order valence-corrected chi connectivity index (χ0v) is 15.9. The maximum absolute atomic E-state index is 12.1. The first kappa shape index (κ1) is 19.5. The van der Waals surface area contributed by atoms with Crippen LogP contribution in [0.25, 0.3) is 0 Å². The SMILES string of the molecule is C[C@H](CO)NC1CCC(C2CCN(C(=O)OC(C)(C)C)CC2)CC1. The van der Waals surface area contributed by atoms with Crippen molar-refractivity contribution in [1.82, 2.24) is 10.2 Å². The molecule has 0 aromatic rings. The van der Waals surface area contributed by atoms with Crippen LogP contribution in [0.5, 0.6) is 0 Å². The fourth-order valence-electron chi connectivity index (χ4n) is 4.09. The topological polar surface area (TPSA) is 61.8 Å². The number of rotatable bonds is 4. The molecule has 1 saturated heterocycles. The van der Waals surface area contributed by atoms with Crippen LogP contribution in [-0.4, -0.2) is 53.5 Å². The van der Waals surface area contributed by atoms with Crippen LogP contribution in [0.2, 0.25) is 0 Å². The van der Waals surface area contributed by atoms with E-state index in [1.807, 2.05) is 32.6 Å². The molecule has 1 amide bonds. The van der Waals surface area contributed by atoms with E-state index in [-0.39, 0.29) is 18.7 Å². The lowest BCUT2D eigenvalue weighted by Crippen LogP contribution is -2.44. The predicted molar refractivity (Wildman–Crippen MR) is 96.0 cm³/mol. The van der Waals surface area contributed by atoms with E-state index in [9.17, 15) is 4.79 Å². The summed E-state index contributed by atoms with van der Waals surface area (Å²) in [6.07, 6.45) is 7.01. The molecule has 0 radical (unpaired) electrons. The van der Waals surface area contributed by atoms with Crippen molar-refractivity contribution >= 4 is 6.09 Å². The van der Waals surface area contributed by atoms with Crippen LogP contribution < -0.4 is 5.32 Å². The minimum absolute atomic E-state index is 0.160. The second-order valence-electron chi connectivity index (χ2n) is 8.67. The second kappa shape index (κ2) is 8.52. The summed E-state index contributed by atoms with van der Waals surface area (Å²) in [6, 6.07) is 0.758. The Kier molecular flexibility index (Phi) is 6.93. The molecule has 0 spiro atoms. The van der Waals surface area contributed by atoms with Gasteiger partial charge in [-0.1, -0.05) is 0 Å². The van der Waals surface area contributed by atoms with Crippen LogP contribution in [-0.2, 0) is 4.74 Å². The fourth-order valence-corrected chi connectivity index (χ4v) is 4.09. The molecule has 1 heterocycles. The number of carbonyl (C=O) groups is 1. The molecule has 1 saturated carbocycles. The molecule has 5 heteroatoms. The fraction of sp³-hybridized carbons (Fsp3) is 0.947. The smallest absolute Gasteiger partial charge is 0.410 e. The summed E-state index contributed by atoms with van der Waals surface area (Å²) in [4.78, 5) is 14.0. The Labute approximate surface area is 147 Å². The van der Waals surface area contributed by atoms with Crippen molar-refractivity contribution in [1.29, 1.82) is 0 Å². The van der Waals surface area contributed by atoms with E-state index < -0.39 is 5.60 Å². The third-order valence-corrected chi connectivity index (χ3v) is 5.42. The number of hydrogen-bond donors (Lipinski definition) is 2. The number of carbonyl (C=O) groups excluding carboxylic acids is 1. The van der Waals surface area contributed by atoms with Gasteiger partial charge < -0.3 is 20.1 Å². The summed E-state index contributed by atoms with van der Waals surface area (Å²) in [7, 11) is 0. The number of ether oxygens (including phenoxy) is 1. The second-order valence-corrected chi connectivity index (χ2v) is 8.67. The van der Waals surface area contributed by atoms with Crippen molar-refractivity contribution in [2.24, 2.45) is 11.8 Å². The number of nitrogens with one attached hydrogen (secondary N) is 1. The Balaban J connectivity index is 1.71. The monoisotopic (exact) mass is 340 g/mol. The molecule has 5 nitrogen and oxygen atoms in total. The number of nitrogens with zero attached hydrogens (tertiary/aromatic N) is 1. The van der Waals surface area contributed by atoms with E-state index in [1.165, 1.54) is 25.7 Å². The lowest BCUT2D eigenvalue weighted by Gasteiger charge is -2.39. The molecule has 0 aromatic carbocycles. The first-order valence-electron chi connectivity index (χ1n) is 9.63. The van der Waals surface area contributed by atoms with Gasteiger partial charge in [0, 0.05) is 25.2 Å². The molecule has 1 atom stereocenters. The number of aliphatic hydroxyl groups is 1. The van der Waals surface area contributed by atoms with Gasteiger partial charge in [0.2, 0.25) is 0 Å². The minimum atomic E-state index is -0.412. The van der Waals surface area contributed by atoms with Crippen molar-refractivity contribution < 1.29 is 14.6 Å². The first-order valence-corrected chi connectivity index (χ1v) is 9.63. The van der Waals surface area contributed by atoms with Crippen LogP contribution in [0.15, 0.2) is 0 Å². The highest BCUT2D eigenvalue weighted by molar-refractivity contribution is 5.68. The molecule has 0 bridgehead atoms. The molecule has 140 valence electrons. The Hall–Kier alpha value is -0.810. The van der Waals surface area contributed by atoms with Gasteiger partial charge in [-0.2, -0.15) is 0 Å². The average molecular weight is 341 g/mol. The maximum Gasteiger partial charge on any atom is 0.410 e. The van der Waals surface area contributed by atoms with Gasteiger partial charge in [-0.3, -0.25) is 0 Å². The third kappa shape index (κ3) is 5.92. The minimum Gasteiger partial charge on any atom is -0.444 e. The Bertz CT molecular complexity index is 392. The molecular weight excluding hydrogens is 304 g/mol. The molecule has 2 fully saturated rings. The average Bonchev–Trinajstić information content (AvgIpc) is 2.54. The molecule has 0 aromatic heterocycles. The van der Waals surface area contributed by atoms with E-state index >= 15 is 0 Å². The molecule has 2 N–H and O–H groups in total. The van der Waals surface area contributed by atoms with Crippen LogP contribution in [0.3, 0.4) is 0 Å². The zero-order valence-electron chi connectivity index (χ0n) is 15.9. The van der Waals surface area contributed by atoms with Crippen LogP contribution >= 0.6 is 0 Å². The lowest BCUT2D eigenvalue weighted by atomic mass is 9.74. The largest absolute Gasteiger partial charge is 0.444 e. The molecule has 1 aliphatic carbocycles. The summed E-state index contributed by atoms with van der Waals surface area (Å²) in [5.74, 6) is 1.55. The van der Waals surface area contributed by atoms with Gasteiger partial charge in [-0.05, 0) is 78.1 Å². The number of hydrogen-bond acceptors (Lipinski definition) is 4. The summed E-state index contributed by atoms with van der Waals surface area (Å²) >= 11 is 0. The number of aliphatic hydroxyl groups excluding tert-OH is 1. The van der Waals surface area contributed by atoms with Crippen molar-refractivity contribution in [2.75, 3.05) is 19.7 Å². The number of piperidine rings is 1. The normalized spacial score (nSPS) is 27.8. The maximum atomic E-state index is 12.1.